The van der Waals surface area contributed by atoms with Gasteiger partial charge in [0.2, 0.25) is 10.0 Å². The third-order valence-electron chi connectivity index (χ3n) is 4.71. The number of carbonyl (C=O) groups excluding carboxylic acids is 1. The van der Waals surface area contributed by atoms with Crippen molar-refractivity contribution in [2.45, 2.75) is 37.0 Å². The minimum Gasteiger partial charge on any atom is -0.487 e. The van der Waals surface area contributed by atoms with Crippen molar-refractivity contribution in [3.63, 3.8) is 0 Å². The SMILES string of the molecule is O=C(OCc1ccc(OCc2ccccn2)cc1)c1ccc(S(=O)(=O)NC2CC2)cc1. The van der Waals surface area contributed by atoms with Crippen LogP contribution in [0.4, 0.5) is 0 Å². The number of pyridine rings is 1. The quantitative estimate of drug-likeness (QED) is 0.514. The number of esters is 1. The molecule has 0 atom stereocenters. The first kappa shape index (κ1) is 21.0. The molecule has 0 unspecified atom stereocenters. The number of sulfonamides is 1. The summed E-state index contributed by atoms with van der Waals surface area (Å²) in [5.41, 5.74) is 1.94. The van der Waals surface area contributed by atoms with E-state index in [0.29, 0.717) is 17.9 Å². The van der Waals surface area contributed by atoms with Crippen molar-refractivity contribution in [3.8, 4) is 5.75 Å². The van der Waals surface area contributed by atoms with Crippen LogP contribution in [0.15, 0.2) is 77.8 Å². The molecule has 31 heavy (non-hydrogen) atoms. The van der Waals surface area contributed by atoms with E-state index in [1.165, 1.54) is 24.3 Å². The molecule has 7 nitrogen and oxygen atoms in total. The third kappa shape index (κ3) is 5.90. The fraction of sp³-hybridized carbons (Fsp3) is 0.217. The molecule has 2 aromatic carbocycles. The number of carbonyl (C=O) groups is 1. The van der Waals surface area contributed by atoms with Crippen LogP contribution in [0.3, 0.4) is 0 Å². The molecule has 0 spiro atoms. The average molecular weight is 439 g/mol. The number of ether oxygens (including phenoxy) is 2. The van der Waals surface area contributed by atoms with E-state index in [4.69, 9.17) is 9.47 Å². The lowest BCUT2D eigenvalue weighted by Crippen LogP contribution is -2.25. The molecule has 3 aromatic rings. The summed E-state index contributed by atoms with van der Waals surface area (Å²) >= 11 is 0. The predicted octanol–water partition coefficient (Wildman–Crippen LogP) is 3.46. The van der Waals surface area contributed by atoms with Crippen molar-refractivity contribution in [1.29, 1.82) is 0 Å². The smallest absolute Gasteiger partial charge is 0.338 e. The molecule has 8 heteroatoms. The van der Waals surface area contributed by atoms with E-state index in [9.17, 15) is 13.2 Å². The molecular weight excluding hydrogens is 416 g/mol. The highest BCUT2D eigenvalue weighted by molar-refractivity contribution is 7.89. The van der Waals surface area contributed by atoms with Gasteiger partial charge in [0.1, 0.15) is 19.0 Å². The largest absolute Gasteiger partial charge is 0.487 e. The van der Waals surface area contributed by atoms with Gasteiger partial charge in [-0.1, -0.05) is 18.2 Å². The number of nitrogens with zero attached hydrogens (tertiary/aromatic N) is 1. The van der Waals surface area contributed by atoms with Gasteiger partial charge in [-0.3, -0.25) is 4.98 Å². The van der Waals surface area contributed by atoms with Gasteiger partial charge in [0.25, 0.3) is 0 Å². The van der Waals surface area contributed by atoms with E-state index < -0.39 is 16.0 Å². The Morgan fingerprint density at radius 3 is 2.35 bits per heavy atom. The highest BCUT2D eigenvalue weighted by Gasteiger charge is 2.28. The van der Waals surface area contributed by atoms with Crippen LogP contribution in [0.5, 0.6) is 5.75 Å². The molecule has 160 valence electrons. The minimum atomic E-state index is -3.54. The Morgan fingerprint density at radius 1 is 0.968 bits per heavy atom. The first-order valence-electron chi connectivity index (χ1n) is 9.91. The summed E-state index contributed by atoms with van der Waals surface area (Å²) in [6.45, 7) is 0.472. The molecule has 1 aliphatic carbocycles. The van der Waals surface area contributed by atoms with Crippen molar-refractivity contribution in [3.05, 3.63) is 89.7 Å². The number of hydrogen-bond acceptors (Lipinski definition) is 6. The summed E-state index contributed by atoms with van der Waals surface area (Å²) in [5, 5.41) is 0. The second-order valence-electron chi connectivity index (χ2n) is 7.25. The summed E-state index contributed by atoms with van der Waals surface area (Å²) in [5.74, 6) is 0.173. The molecule has 4 rings (SSSR count). The summed E-state index contributed by atoms with van der Waals surface area (Å²) < 4.78 is 38.0. The first-order valence-corrected chi connectivity index (χ1v) is 11.4. The van der Waals surface area contributed by atoms with Crippen molar-refractivity contribution in [1.82, 2.24) is 9.71 Å². The molecule has 0 amide bonds. The van der Waals surface area contributed by atoms with Crippen LogP contribution in [-0.4, -0.2) is 25.4 Å². The van der Waals surface area contributed by atoms with Crippen LogP contribution in [-0.2, 0) is 28.0 Å². The Kier molecular flexibility index (Phi) is 6.29. The van der Waals surface area contributed by atoms with Gasteiger partial charge in [-0.05, 0) is 66.9 Å². The number of nitrogens with one attached hydrogen (secondary N) is 1. The highest BCUT2D eigenvalue weighted by atomic mass is 32.2. The van der Waals surface area contributed by atoms with Gasteiger partial charge < -0.3 is 9.47 Å². The van der Waals surface area contributed by atoms with Gasteiger partial charge >= 0.3 is 5.97 Å². The van der Waals surface area contributed by atoms with Gasteiger partial charge in [-0.15, -0.1) is 0 Å². The van der Waals surface area contributed by atoms with E-state index >= 15 is 0 Å². The average Bonchev–Trinajstić information content (AvgIpc) is 3.61. The van der Waals surface area contributed by atoms with Crippen LogP contribution < -0.4 is 9.46 Å². The fourth-order valence-electron chi connectivity index (χ4n) is 2.81. The number of hydrogen-bond donors (Lipinski definition) is 1. The van der Waals surface area contributed by atoms with Gasteiger partial charge in [0.05, 0.1) is 16.2 Å². The molecule has 1 N–H and O–H groups in total. The van der Waals surface area contributed by atoms with Crippen LogP contribution in [0.1, 0.15) is 34.5 Å². The van der Waals surface area contributed by atoms with E-state index in [1.54, 1.807) is 18.3 Å². The van der Waals surface area contributed by atoms with Crippen molar-refractivity contribution < 1.29 is 22.7 Å². The Balaban J connectivity index is 1.28. The summed E-state index contributed by atoms with van der Waals surface area (Å²) in [7, 11) is -3.54. The highest BCUT2D eigenvalue weighted by Crippen LogP contribution is 2.22. The van der Waals surface area contributed by atoms with Gasteiger partial charge in [0.15, 0.2) is 0 Å². The lowest BCUT2D eigenvalue weighted by Gasteiger charge is -2.09. The third-order valence-corrected chi connectivity index (χ3v) is 6.24. The Labute approximate surface area is 181 Å². The zero-order valence-electron chi connectivity index (χ0n) is 16.7. The second kappa shape index (κ2) is 9.28. The minimum absolute atomic E-state index is 0.0291. The zero-order chi connectivity index (χ0) is 21.7. The zero-order valence-corrected chi connectivity index (χ0v) is 17.5. The molecule has 0 aliphatic heterocycles. The van der Waals surface area contributed by atoms with Crippen LogP contribution in [0.25, 0.3) is 0 Å². The van der Waals surface area contributed by atoms with Crippen LogP contribution in [0, 0.1) is 0 Å². The molecule has 0 saturated heterocycles. The van der Waals surface area contributed by atoms with Gasteiger partial charge in [-0.25, -0.2) is 17.9 Å². The maximum Gasteiger partial charge on any atom is 0.338 e. The van der Waals surface area contributed by atoms with Crippen LogP contribution in [0.2, 0.25) is 0 Å². The Bertz CT molecular complexity index is 1130. The fourth-order valence-corrected chi connectivity index (χ4v) is 4.12. The van der Waals surface area contributed by atoms with E-state index in [-0.39, 0.29) is 17.5 Å². The molecule has 0 bridgehead atoms. The number of benzene rings is 2. The maximum atomic E-state index is 12.3. The molecule has 1 fully saturated rings. The lowest BCUT2D eigenvalue weighted by molar-refractivity contribution is 0.0472. The van der Waals surface area contributed by atoms with E-state index in [0.717, 1.165) is 24.1 Å². The normalized spacial score (nSPS) is 13.5. The van der Waals surface area contributed by atoms with Gasteiger partial charge in [-0.2, -0.15) is 0 Å². The topological polar surface area (TPSA) is 94.6 Å². The van der Waals surface area contributed by atoms with Crippen LogP contribution >= 0.6 is 0 Å². The predicted molar refractivity (Wildman–Crippen MR) is 114 cm³/mol. The summed E-state index contributed by atoms with van der Waals surface area (Å²) in [6, 6.07) is 18.7. The summed E-state index contributed by atoms with van der Waals surface area (Å²) in [4.78, 5) is 16.6. The molecule has 1 saturated carbocycles. The lowest BCUT2D eigenvalue weighted by atomic mass is 10.2. The molecule has 1 aromatic heterocycles. The van der Waals surface area contributed by atoms with Gasteiger partial charge in [0, 0.05) is 12.2 Å². The molecular formula is C23H22N2O5S. The number of rotatable bonds is 9. The first-order chi connectivity index (χ1) is 15.0. The van der Waals surface area contributed by atoms with Crippen molar-refractivity contribution in [2.24, 2.45) is 0 Å². The van der Waals surface area contributed by atoms with E-state index in [2.05, 4.69) is 9.71 Å². The Morgan fingerprint density at radius 2 is 1.71 bits per heavy atom. The molecule has 0 radical (unpaired) electrons. The number of aromatic nitrogens is 1. The standard InChI is InChI=1S/C23H22N2O5S/c26-23(18-6-12-22(13-7-18)31(27,28)25-19-8-9-19)30-15-17-4-10-21(11-5-17)29-16-20-3-1-2-14-24-20/h1-7,10-14,19,25H,8-9,15-16H2. The van der Waals surface area contributed by atoms with Crippen molar-refractivity contribution in [2.75, 3.05) is 0 Å². The van der Waals surface area contributed by atoms with E-state index in [1.807, 2.05) is 30.3 Å². The maximum absolute atomic E-state index is 12.3. The van der Waals surface area contributed by atoms with Crippen molar-refractivity contribution >= 4 is 16.0 Å². The Hall–Kier alpha value is -3.23. The second-order valence-corrected chi connectivity index (χ2v) is 8.96. The molecule has 1 heterocycles. The monoisotopic (exact) mass is 438 g/mol. The molecule has 1 aliphatic rings. The summed E-state index contributed by atoms with van der Waals surface area (Å²) in [6.07, 6.45) is 3.44.